The van der Waals surface area contributed by atoms with Crippen molar-refractivity contribution in [1.82, 2.24) is 4.98 Å². The Morgan fingerprint density at radius 1 is 1.69 bits per heavy atom. The number of hydrogen-bond acceptors (Lipinski definition) is 3. The average Bonchev–Trinajstić information content (AvgIpc) is 2.11. The molecule has 1 aromatic heterocycles. The molecular weight excluding hydrogens is 234 g/mol. The fourth-order valence-electron chi connectivity index (χ4n) is 0.995. The summed E-state index contributed by atoms with van der Waals surface area (Å²) >= 11 is 3.36. The quantitative estimate of drug-likeness (QED) is 0.745. The number of carbonyl (C=O) groups excluding carboxylic acids is 1. The van der Waals surface area contributed by atoms with Crippen LogP contribution < -0.4 is 0 Å². The van der Waals surface area contributed by atoms with Crippen molar-refractivity contribution in [2.45, 2.75) is 13.3 Å². The van der Waals surface area contributed by atoms with Gasteiger partial charge in [-0.3, -0.25) is 9.78 Å². The predicted molar refractivity (Wildman–Crippen MR) is 52.4 cm³/mol. The molecule has 13 heavy (non-hydrogen) atoms. The first-order valence-electron chi connectivity index (χ1n) is 3.82. The van der Waals surface area contributed by atoms with Crippen molar-refractivity contribution in [2.24, 2.45) is 0 Å². The van der Waals surface area contributed by atoms with Crippen LogP contribution in [0.25, 0.3) is 0 Å². The van der Waals surface area contributed by atoms with Gasteiger partial charge in [0.2, 0.25) is 0 Å². The maximum absolute atomic E-state index is 11.0. The summed E-state index contributed by atoms with van der Waals surface area (Å²) in [5, 5.41) is 0. The molecule has 3 nitrogen and oxygen atoms in total. The van der Waals surface area contributed by atoms with E-state index in [9.17, 15) is 4.79 Å². The Kier molecular flexibility index (Phi) is 3.42. The molecule has 0 unspecified atom stereocenters. The number of ether oxygens (including phenoxy) is 1. The zero-order valence-electron chi connectivity index (χ0n) is 7.50. The van der Waals surface area contributed by atoms with E-state index in [4.69, 9.17) is 0 Å². The molecule has 0 radical (unpaired) electrons. The minimum atomic E-state index is -0.253. The van der Waals surface area contributed by atoms with E-state index in [1.165, 1.54) is 7.11 Å². The summed E-state index contributed by atoms with van der Waals surface area (Å²) < 4.78 is 5.47. The molecule has 0 fully saturated rings. The summed E-state index contributed by atoms with van der Waals surface area (Å²) in [5.41, 5.74) is 1.73. The zero-order valence-corrected chi connectivity index (χ0v) is 9.09. The first-order valence-corrected chi connectivity index (χ1v) is 4.61. The summed E-state index contributed by atoms with van der Waals surface area (Å²) in [5.74, 6) is -0.253. The highest BCUT2D eigenvalue weighted by Gasteiger charge is 2.09. The third-order valence-corrected chi connectivity index (χ3v) is 2.51. The standard InChI is InChI=1S/C9H10BrNO2/c1-6-7(5-9(12)13-2)8(10)3-4-11-6/h3-4H,5H2,1-2H3. The fourth-order valence-corrected chi connectivity index (χ4v) is 1.54. The van der Waals surface area contributed by atoms with Crippen LogP contribution in [0.2, 0.25) is 0 Å². The monoisotopic (exact) mass is 243 g/mol. The lowest BCUT2D eigenvalue weighted by Crippen LogP contribution is -2.07. The maximum atomic E-state index is 11.0. The minimum Gasteiger partial charge on any atom is -0.469 e. The van der Waals surface area contributed by atoms with Gasteiger partial charge in [0.15, 0.2) is 0 Å². The summed E-state index contributed by atoms with van der Waals surface area (Å²) in [6, 6.07) is 1.81. The SMILES string of the molecule is COC(=O)Cc1c(Br)ccnc1C. The normalized spacial score (nSPS) is 9.77. The van der Waals surface area contributed by atoms with E-state index in [-0.39, 0.29) is 12.4 Å². The molecule has 0 bridgehead atoms. The van der Waals surface area contributed by atoms with Gasteiger partial charge in [0.05, 0.1) is 13.5 Å². The Bertz CT molecular complexity index is 305. The minimum absolute atomic E-state index is 0.253. The Morgan fingerprint density at radius 3 is 2.92 bits per heavy atom. The van der Waals surface area contributed by atoms with Crippen LogP contribution >= 0.6 is 15.9 Å². The molecule has 1 rings (SSSR count). The molecule has 1 aromatic rings. The Morgan fingerprint density at radius 2 is 2.38 bits per heavy atom. The van der Waals surface area contributed by atoms with Crippen LogP contribution in [0.15, 0.2) is 16.7 Å². The van der Waals surface area contributed by atoms with Gasteiger partial charge in [0.25, 0.3) is 0 Å². The van der Waals surface area contributed by atoms with Crippen LogP contribution in [0.5, 0.6) is 0 Å². The molecule has 0 aliphatic heterocycles. The van der Waals surface area contributed by atoms with Gasteiger partial charge in [-0.05, 0) is 18.6 Å². The molecule has 4 heteroatoms. The molecule has 0 amide bonds. The van der Waals surface area contributed by atoms with Crippen molar-refractivity contribution in [3.8, 4) is 0 Å². The number of pyridine rings is 1. The number of nitrogens with zero attached hydrogens (tertiary/aromatic N) is 1. The maximum Gasteiger partial charge on any atom is 0.310 e. The van der Waals surface area contributed by atoms with Gasteiger partial charge < -0.3 is 4.74 Å². The van der Waals surface area contributed by atoms with Gasteiger partial charge in [-0.15, -0.1) is 0 Å². The van der Waals surface area contributed by atoms with E-state index >= 15 is 0 Å². The van der Waals surface area contributed by atoms with E-state index in [1.54, 1.807) is 6.20 Å². The lowest BCUT2D eigenvalue weighted by Gasteiger charge is -2.05. The number of esters is 1. The molecule has 0 saturated carbocycles. The van der Waals surface area contributed by atoms with Crippen molar-refractivity contribution in [2.75, 3.05) is 7.11 Å². The molecular formula is C9H10BrNO2. The smallest absolute Gasteiger partial charge is 0.310 e. The Hall–Kier alpha value is -0.900. The summed E-state index contributed by atoms with van der Waals surface area (Å²) in [4.78, 5) is 15.1. The third kappa shape index (κ3) is 2.52. The number of hydrogen-bond donors (Lipinski definition) is 0. The van der Waals surface area contributed by atoms with Crippen LogP contribution in [-0.4, -0.2) is 18.1 Å². The van der Waals surface area contributed by atoms with E-state index < -0.39 is 0 Å². The van der Waals surface area contributed by atoms with Crippen molar-refractivity contribution in [1.29, 1.82) is 0 Å². The lowest BCUT2D eigenvalue weighted by molar-refractivity contribution is -0.139. The summed E-state index contributed by atoms with van der Waals surface area (Å²) in [7, 11) is 1.38. The summed E-state index contributed by atoms with van der Waals surface area (Å²) in [6.45, 7) is 1.86. The van der Waals surface area contributed by atoms with E-state index in [1.807, 2.05) is 13.0 Å². The Balaban J connectivity index is 2.93. The number of methoxy groups -OCH3 is 1. The van der Waals surface area contributed by atoms with Gasteiger partial charge in [0, 0.05) is 16.4 Å². The van der Waals surface area contributed by atoms with Crippen molar-refractivity contribution in [3.05, 3.63) is 28.0 Å². The third-order valence-electron chi connectivity index (χ3n) is 1.76. The zero-order chi connectivity index (χ0) is 9.84. The van der Waals surface area contributed by atoms with Crippen molar-refractivity contribution in [3.63, 3.8) is 0 Å². The second-order valence-corrected chi connectivity index (χ2v) is 3.46. The van der Waals surface area contributed by atoms with Crippen LogP contribution in [0.3, 0.4) is 0 Å². The van der Waals surface area contributed by atoms with Crippen LogP contribution in [0, 0.1) is 6.92 Å². The number of halogens is 1. The highest BCUT2D eigenvalue weighted by Crippen LogP contribution is 2.18. The first-order chi connectivity index (χ1) is 6.15. The molecule has 0 N–H and O–H groups in total. The summed E-state index contributed by atoms with van der Waals surface area (Å²) in [6.07, 6.45) is 1.96. The highest BCUT2D eigenvalue weighted by atomic mass is 79.9. The van der Waals surface area contributed by atoms with E-state index in [0.29, 0.717) is 0 Å². The van der Waals surface area contributed by atoms with E-state index in [2.05, 4.69) is 25.7 Å². The van der Waals surface area contributed by atoms with Crippen molar-refractivity contribution < 1.29 is 9.53 Å². The molecule has 0 spiro atoms. The van der Waals surface area contributed by atoms with Gasteiger partial charge in [-0.2, -0.15) is 0 Å². The molecule has 0 aliphatic rings. The largest absolute Gasteiger partial charge is 0.469 e. The molecule has 0 aliphatic carbocycles. The molecule has 70 valence electrons. The molecule has 0 atom stereocenters. The van der Waals surface area contributed by atoms with Crippen LogP contribution in [0.4, 0.5) is 0 Å². The van der Waals surface area contributed by atoms with Crippen molar-refractivity contribution >= 4 is 21.9 Å². The molecule has 0 aromatic carbocycles. The van der Waals surface area contributed by atoms with Gasteiger partial charge in [-0.1, -0.05) is 15.9 Å². The van der Waals surface area contributed by atoms with Gasteiger partial charge >= 0.3 is 5.97 Å². The number of aryl methyl sites for hydroxylation is 1. The number of rotatable bonds is 2. The Labute approximate surface area is 85.3 Å². The average molecular weight is 244 g/mol. The predicted octanol–water partition coefficient (Wildman–Crippen LogP) is 1.87. The van der Waals surface area contributed by atoms with E-state index in [0.717, 1.165) is 15.7 Å². The second-order valence-electron chi connectivity index (χ2n) is 2.61. The topological polar surface area (TPSA) is 39.2 Å². The molecule has 0 saturated heterocycles. The van der Waals surface area contributed by atoms with Crippen LogP contribution in [0.1, 0.15) is 11.3 Å². The van der Waals surface area contributed by atoms with Gasteiger partial charge in [0.1, 0.15) is 0 Å². The lowest BCUT2D eigenvalue weighted by atomic mass is 10.1. The fraction of sp³-hybridized carbons (Fsp3) is 0.333. The van der Waals surface area contributed by atoms with Gasteiger partial charge in [-0.25, -0.2) is 0 Å². The first kappa shape index (κ1) is 10.2. The molecule has 1 heterocycles. The number of aromatic nitrogens is 1. The number of carbonyl (C=O) groups is 1. The second kappa shape index (κ2) is 4.37. The highest BCUT2D eigenvalue weighted by molar-refractivity contribution is 9.10. The van der Waals surface area contributed by atoms with Crippen LogP contribution in [-0.2, 0) is 16.0 Å².